The molecule has 0 spiro atoms. The summed E-state index contributed by atoms with van der Waals surface area (Å²) in [6, 6.07) is 0. The molecule has 1 amide bonds. The number of amides is 1. The van der Waals surface area contributed by atoms with E-state index in [2.05, 4.69) is 11.9 Å². The van der Waals surface area contributed by atoms with E-state index in [0.717, 1.165) is 0 Å². The van der Waals surface area contributed by atoms with Crippen LogP contribution in [0.2, 0.25) is 0 Å². The molecule has 0 aromatic carbocycles. The summed E-state index contributed by atoms with van der Waals surface area (Å²) in [7, 11) is 0. The van der Waals surface area contributed by atoms with Crippen molar-refractivity contribution in [1.82, 2.24) is 5.32 Å². The van der Waals surface area contributed by atoms with E-state index in [1.54, 1.807) is 26.8 Å². The van der Waals surface area contributed by atoms with Crippen molar-refractivity contribution in [3.63, 3.8) is 0 Å². The molecule has 2 N–H and O–H groups in total. The molecule has 6 nitrogen and oxygen atoms in total. The largest absolute Gasteiger partial charge is 0.479 e. The van der Waals surface area contributed by atoms with Crippen LogP contribution in [0.25, 0.3) is 0 Å². The van der Waals surface area contributed by atoms with E-state index in [4.69, 9.17) is 9.47 Å². The highest BCUT2D eigenvalue weighted by molar-refractivity contribution is 5.91. The lowest BCUT2D eigenvalue weighted by Crippen LogP contribution is -2.76. The molecule has 126 valence electrons. The first-order valence-electron chi connectivity index (χ1n) is 7.62. The standard InChI is InChI=1S/C16H27NO5/c1-6-8-9-22-11(3)13(18)17-16(14(19)20)10-12(21-7-2)15(16,4)5/h6,11-12H,1,7-10H2,2-5H3,(H,17,18)(H,19,20). The first-order valence-corrected chi connectivity index (χ1v) is 7.62. The minimum Gasteiger partial charge on any atom is -0.479 e. The Balaban J connectivity index is 2.76. The van der Waals surface area contributed by atoms with Crippen molar-refractivity contribution in [2.24, 2.45) is 5.41 Å². The number of nitrogens with one attached hydrogen (secondary N) is 1. The van der Waals surface area contributed by atoms with Crippen molar-refractivity contribution < 1.29 is 24.2 Å². The number of carbonyl (C=O) groups excluding carboxylic acids is 1. The summed E-state index contributed by atoms with van der Waals surface area (Å²) in [5, 5.41) is 12.3. The number of carboxylic acids is 1. The lowest BCUT2D eigenvalue weighted by molar-refractivity contribution is -0.196. The molecule has 0 aliphatic heterocycles. The zero-order valence-electron chi connectivity index (χ0n) is 13.8. The van der Waals surface area contributed by atoms with Gasteiger partial charge in [-0.3, -0.25) is 4.79 Å². The van der Waals surface area contributed by atoms with Gasteiger partial charge in [0.25, 0.3) is 0 Å². The minimum absolute atomic E-state index is 0.189. The second-order valence-corrected chi connectivity index (χ2v) is 6.16. The Morgan fingerprint density at radius 2 is 2.14 bits per heavy atom. The Kier molecular flexibility index (Phi) is 6.14. The zero-order chi connectivity index (χ0) is 17.0. The highest BCUT2D eigenvalue weighted by Gasteiger charge is 2.66. The van der Waals surface area contributed by atoms with E-state index in [0.29, 0.717) is 19.6 Å². The molecule has 0 bridgehead atoms. The molecule has 0 aromatic heterocycles. The van der Waals surface area contributed by atoms with Crippen LogP contribution in [0.4, 0.5) is 0 Å². The average Bonchev–Trinajstić information content (AvgIpc) is 2.45. The number of hydrogen-bond donors (Lipinski definition) is 2. The molecule has 0 aromatic rings. The van der Waals surface area contributed by atoms with E-state index in [9.17, 15) is 14.7 Å². The number of ether oxygens (including phenoxy) is 2. The zero-order valence-corrected chi connectivity index (χ0v) is 13.8. The van der Waals surface area contributed by atoms with E-state index in [-0.39, 0.29) is 12.5 Å². The molecule has 0 saturated heterocycles. The first-order chi connectivity index (χ1) is 10.2. The lowest BCUT2D eigenvalue weighted by atomic mass is 9.54. The number of rotatable bonds is 9. The molecule has 1 rings (SSSR count). The van der Waals surface area contributed by atoms with Gasteiger partial charge in [-0.15, -0.1) is 6.58 Å². The van der Waals surface area contributed by atoms with Gasteiger partial charge in [-0.2, -0.15) is 0 Å². The predicted molar refractivity (Wildman–Crippen MR) is 82.5 cm³/mol. The fourth-order valence-corrected chi connectivity index (χ4v) is 2.75. The molecule has 3 unspecified atom stereocenters. The molecular formula is C16H27NO5. The van der Waals surface area contributed by atoms with Crippen LogP contribution in [-0.2, 0) is 19.1 Å². The summed E-state index contributed by atoms with van der Waals surface area (Å²) in [6.45, 7) is 11.5. The predicted octanol–water partition coefficient (Wildman–Crippen LogP) is 1.74. The third kappa shape index (κ3) is 3.33. The van der Waals surface area contributed by atoms with Gasteiger partial charge < -0.3 is 19.9 Å². The summed E-state index contributed by atoms with van der Waals surface area (Å²) < 4.78 is 10.9. The van der Waals surface area contributed by atoms with Gasteiger partial charge in [0.15, 0.2) is 0 Å². The topological polar surface area (TPSA) is 84.9 Å². The Morgan fingerprint density at radius 3 is 2.59 bits per heavy atom. The number of aliphatic carboxylic acids is 1. The molecular weight excluding hydrogens is 286 g/mol. The van der Waals surface area contributed by atoms with Crippen LogP contribution in [0.15, 0.2) is 12.7 Å². The van der Waals surface area contributed by atoms with Gasteiger partial charge in [-0.05, 0) is 20.3 Å². The van der Waals surface area contributed by atoms with Gasteiger partial charge in [0.2, 0.25) is 5.91 Å². The second kappa shape index (κ2) is 7.24. The van der Waals surface area contributed by atoms with Crippen LogP contribution in [0.5, 0.6) is 0 Å². The van der Waals surface area contributed by atoms with E-state index < -0.39 is 28.9 Å². The Hall–Kier alpha value is -1.40. The van der Waals surface area contributed by atoms with Crippen LogP contribution >= 0.6 is 0 Å². The molecule has 1 aliphatic carbocycles. The van der Waals surface area contributed by atoms with Crippen LogP contribution in [0.3, 0.4) is 0 Å². The van der Waals surface area contributed by atoms with Gasteiger partial charge in [0.05, 0.1) is 12.7 Å². The number of hydrogen-bond acceptors (Lipinski definition) is 4. The number of carboxylic acid groups (broad SMARTS) is 1. The van der Waals surface area contributed by atoms with Gasteiger partial charge >= 0.3 is 5.97 Å². The summed E-state index contributed by atoms with van der Waals surface area (Å²) >= 11 is 0. The van der Waals surface area contributed by atoms with Crippen LogP contribution in [-0.4, -0.2) is 47.9 Å². The second-order valence-electron chi connectivity index (χ2n) is 6.16. The van der Waals surface area contributed by atoms with E-state index >= 15 is 0 Å². The first kappa shape index (κ1) is 18.6. The maximum Gasteiger partial charge on any atom is 0.330 e. The molecule has 1 saturated carbocycles. The molecule has 3 atom stereocenters. The maximum atomic E-state index is 12.2. The quantitative estimate of drug-likeness (QED) is 0.500. The molecule has 6 heteroatoms. The van der Waals surface area contributed by atoms with E-state index in [1.165, 1.54) is 0 Å². The molecule has 1 aliphatic rings. The molecule has 1 fully saturated rings. The smallest absolute Gasteiger partial charge is 0.330 e. The fourth-order valence-electron chi connectivity index (χ4n) is 2.75. The Labute approximate surface area is 131 Å². The van der Waals surface area contributed by atoms with Crippen molar-refractivity contribution in [2.75, 3.05) is 13.2 Å². The summed E-state index contributed by atoms with van der Waals surface area (Å²) in [6.07, 6.45) is 1.70. The van der Waals surface area contributed by atoms with Crippen molar-refractivity contribution in [3.05, 3.63) is 12.7 Å². The van der Waals surface area contributed by atoms with Crippen LogP contribution in [0.1, 0.15) is 40.5 Å². The maximum absolute atomic E-state index is 12.2. The SMILES string of the molecule is C=CCCOC(C)C(=O)NC1(C(=O)O)CC(OCC)C1(C)C. The van der Waals surface area contributed by atoms with Gasteiger partial charge in [-0.1, -0.05) is 19.9 Å². The summed E-state index contributed by atoms with van der Waals surface area (Å²) in [5.74, 6) is -1.46. The van der Waals surface area contributed by atoms with Crippen molar-refractivity contribution in [1.29, 1.82) is 0 Å². The monoisotopic (exact) mass is 313 g/mol. The van der Waals surface area contributed by atoms with Gasteiger partial charge in [0, 0.05) is 18.4 Å². The van der Waals surface area contributed by atoms with Crippen LogP contribution < -0.4 is 5.32 Å². The van der Waals surface area contributed by atoms with Crippen molar-refractivity contribution in [2.45, 2.75) is 58.3 Å². The van der Waals surface area contributed by atoms with Gasteiger partial charge in [-0.25, -0.2) is 4.79 Å². The average molecular weight is 313 g/mol. The third-order valence-corrected chi connectivity index (χ3v) is 4.53. The fraction of sp³-hybridized carbons (Fsp3) is 0.750. The van der Waals surface area contributed by atoms with Crippen molar-refractivity contribution in [3.8, 4) is 0 Å². The Bertz CT molecular complexity index is 434. The molecule has 0 radical (unpaired) electrons. The minimum atomic E-state index is -1.32. The molecule has 22 heavy (non-hydrogen) atoms. The van der Waals surface area contributed by atoms with Crippen molar-refractivity contribution >= 4 is 11.9 Å². The lowest BCUT2D eigenvalue weighted by Gasteiger charge is -2.58. The van der Waals surface area contributed by atoms with Crippen LogP contribution in [0, 0.1) is 5.41 Å². The number of carbonyl (C=O) groups is 2. The Morgan fingerprint density at radius 1 is 1.50 bits per heavy atom. The molecule has 0 heterocycles. The summed E-state index contributed by atoms with van der Waals surface area (Å²) in [5.41, 5.74) is -2.01. The highest BCUT2D eigenvalue weighted by atomic mass is 16.5. The summed E-state index contributed by atoms with van der Waals surface area (Å²) in [4.78, 5) is 24.0. The normalized spacial score (nSPS) is 27.5. The third-order valence-electron chi connectivity index (χ3n) is 4.53. The van der Waals surface area contributed by atoms with E-state index in [1.807, 2.05) is 6.92 Å². The highest BCUT2D eigenvalue weighted by Crippen LogP contribution is 2.51. The van der Waals surface area contributed by atoms with Gasteiger partial charge in [0.1, 0.15) is 11.6 Å².